The minimum atomic E-state index is 0.615. The van der Waals surface area contributed by atoms with Crippen molar-refractivity contribution in [1.29, 1.82) is 0 Å². The molecule has 0 atom stereocenters. The Kier molecular flexibility index (Phi) is 5.38. The number of nitrogens with zero attached hydrogens (tertiary/aromatic N) is 2. The fourth-order valence-electron chi connectivity index (χ4n) is 2.05. The van der Waals surface area contributed by atoms with Crippen molar-refractivity contribution in [3.8, 4) is 5.75 Å². The van der Waals surface area contributed by atoms with Crippen molar-refractivity contribution in [2.75, 3.05) is 24.3 Å². The molecule has 112 valence electrons. The predicted octanol–water partition coefficient (Wildman–Crippen LogP) is 3.99. The van der Waals surface area contributed by atoms with Gasteiger partial charge in [-0.15, -0.1) is 0 Å². The summed E-state index contributed by atoms with van der Waals surface area (Å²) in [6.45, 7) is 4.90. The van der Waals surface area contributed by atoms with E-state index in [1.807, 2.05) is 19.1 Å². The van der Waals surface area contributed by atoms with Crippen molar-refractivity contribution in [2.24, 2.45) is 0 Å². The molecule has 0 saturated carbocycles. The molecule has 1 aromatic carbocycles. The minimum absolute atomic E-state index is 0.615. The lowest BCUT2D eigenvalue weighted by Crippen LogP contribution is -2.06. The SMILES string of the molecule is CCNc1ncnc(Nc2ccc(Br)cc2CC)c1OC. The number of methoxy groups -OCH3 is 1. The van der Waals surface area contributed by atoms with Crippen molar-refractivity contribution in [2.45, 2.75) is 20.3 Å². The third kappa shape index (κ3) is 3.64. The van der Waals surface area contributed by atoms with E-state index in [0.717, 1.165) is 23.1 Å². The molecular formula is C15H19BrN4O. The fourth-order valence-corrected chi connectivity index (χ4v) is 2.46. The molecule has 0 saturated heterocycles. The van der Waals surface area contributed by atoms with E-state index < -0.39 is 0 Å². The van der Waals surface area contributed by atoms with E-state index in [-0.39, 0.29) is 0 Å². The molecule has 0 amide bonds. The first-order valence-electron chi connectivity index (χ1n) is 6.87. The van der Waals surface area contributed by atoms with E-state index in [4.69, 9.17) is 4.74 Å². The van der Waals surface area contributed by atoms with E-state index in [1.54, 1.807) is 7.11 Å². The topological polar surface area (TPSA) is 59.1 Å². The van der Waals surface area contributed by atoms with Gasteiger partial charge in [0.25, 0.3) is 0 Å². The Morgan fingerprint density at radius 1 is 1.19 bits per heavy atom. The number of halogens is 1. The Bertz CT molecular complexity index is 619. The molecule has 0 unspecified atom stereocenters. The van der Waals surface area contributed by atoms with Gasteiger partial charge in [-0.3, -0.25) is 0 Å². The van der Waals surface area contributed by atoms with Crippen molar-refractivity contribution in [3.05, 3.63) is 34.6 Å². The number of nitrogens with one attached hydrogen (secondary N) is 2. The van der Waals surface area contributed by atoms with Gasteiger partial charge in [-0.05, 0) is 37.1 Å². The largest absolute Gasteiger partial charge is 0.490 e. The number of hydrogen-bond acceptors (Lipinski definition) is 5. The van der Waals surface area contributed by atoms with Crippen LogP contribution in [-0.4, -0.2) is 23.6 Å². The lowest BCUT2D eigenvalue weighted by molar-refractivity contribution is 0.415. The van der Waals surface area contributed by atoms with Crippen LogP contribution >= 0.6 is 15.9 Å². The van der Waals surface area contributed by atoms with Gasteiger partial charge in [-0.2, -0.15) is 0 Å². The molecule has 1 heterocycles. The van der Waals surface area contributed by atoms with Gasteiger partial charge in [0.2, 0.25) is 5.75 Å². The summed E-state index contributed by atoms with van der Waals surface area (Å²) in [4.78, 5) is 8.49. The molecule has 2 rings (SSSR count). The first-order chi connectivity index (χ1) is 10.2. The monoisotopic (exact) mass is 350 g/mol. The molecule has 0 aliphatic heterocycles. The zero-order valence-corrected chi connectivity index (χ0v) is 14.0. The summed E-state index contributed by atoms with van der Waals surface area (Å²) in [7, 11) is 1.62. The smallest absolute Gasteiger partial charge is 0.204 e. The molecule has 1 aromatic heterocycles. The zero-order valence-electron chi connectivity index (χ0n) is 12.4. The standard InChI is InChI=1S/C15H19BrN4O/c1-4-10-8-11(16)6-7-12(10)20-15-13(21-3)14(17-5-2)18-9-19-15/h6-9H,4-5H2,1-3H3,(H2,17,18,19,20). The third-order valence-electron chi connectivity index (χ3n) is 3.05. The van der Waals surface area contributed by atoms with Crippen LogP contribution in [-0.2, 0) is 6.42 Å². The number of benzene rings is 1. The maximum absolute atomic E-state index is 5.44. The van der Waals surface area contributed by atoms with E-state index in [0.29, 0.717) is 17.4 Å². The van der Waals surface area contributed by atoms with Crippen LogP contribution in [0.5, 0.6) is 5.75 Å². The van der Waals surface area contributed by atoms with E-state index in [9.17, 15) is 0 Å². The zero-order chi connectivity index (χ0) is 15.2. The lowest BCUT2D eigenvalue weighted by atomic mass is 10.1. The second kappa shape index (κ2) is 7.26. The maximum Gasteiger partial charge on any atom is 0.204 e. The predicted molar refractivity (Wildman–Crippen MR) is 89.6 cm³/mol. The molecule has 0 spiro atoms. The van der Waals surface area contributed by atoms with Gasteiger partial charge in [0.1, 0.15) is 6.33 Å². The summed E-state index contributed by atoms with van der Waals surface area (Å²) < 4.78 is 6.50. The highest BCUT2D eigenvalue weighted by Gasteiger charge is 2.13. The Balaban J connectivity index is 2.37. The van der Waals surface area contributed by atoms with Gasteiger partial charge in [-0.1, -0.05) is 22.9 Å². The third-order valence-corrected chi connectivity index (χ3v) is 3.55. The average Bonchev–Trinajstić information content (AvgIpc) is 2.49. The highest BCUT2D eigenvalue weighted by Crippen LogP contribution is 2.32. The van der Waals surface area contributed by atoms with Crippen LogP contribution in [0.15, 0.2) is 29.0 Å². The summed E-state index contributed by atoms with van der Waals surface area (Å²) in [5.74, 6) is 1.96. The van der Waals surface area contributed by atoms with Crippen LogP contribution < -0.4 is 15.4 Å². The summed E-state index contributed by atoms with van der Waals surface area (Å²) in [6.07, 6.45) is 2.45. The molecule has 0 radical (unpaired) electrons. The molecule has 0 bridgehead atoms. The second-order valence-corrected chi connectivity index (χ2v) is 5.33. The minimum Gasteiger partial charge on any atom is -0.490 e. The van der Waals surface area contributed by atoms with Crippen LogP contribution in [0.1, 0.15) is 19.4 Å². The van der Waals surface area contributed by atoms with Gasteiger partial charge in [0.15, 0.2) is 11.6 Å². The number of ether oxygens (including phenoxy) is 1. The van der Waals surface area contributed by atoms with E-state index >= 15 is 0 Å². The molecule has 0 aliphatic carbocycles. The number of aryl methyl sites for hydroxylation is 1. The molecule has 0 fully saturated rings. The highest BCUT2D eigenvalue weighted by atomic mass is 79.9. The summed E-state index contributed by atoms with van der Waals surface area (Å²) in [6, 6.07) is 6.12. The quantitative estimate of drug-likeness (QED) is 0.824. The van der Waals surface area contributed by atoms with Crippen LogP contribution in [0.4, 0.5) is 17.3 Å². The van der Waals surface area contributed by atoms with E-state index in [1.165, 1.54) is 11.9 Å². The molecule has 2 N–H and O–H groups in total. The second-order valence-electron chi connectivity index (χ2n) is 4.41. The Hall–Kier alpha value is -1.82. The van der Waals surface area contributed by atoms with Crippen molar-refractivity contribution < 1.29 is 4.74 Å². The number of aromatic nitrogens is 2. The summed E-state index contributed by atoms with van der Waals surface area (Å²) in [5, 5.41) is 6.50. The van der Waals surface area contributed by atoms with Gasteiger partial charge in [-0.25, -0.2) is 9.97 Å². The van der Waals surface area contributed by atoms with E-state index in [2.05, 4.69) is 49.5 Å². The Morgan fingerprint density at radius 2 is 1.95 bits per heavy atom. The fraction of sp³-hybridized carbons (Fsp3) is 0.333. The van der Waals surface area contributed by atoms with Crippen molar-refractivity contribution in [3.63, 3.8) is 0 Å². The van der Waals surface area contributed by atoms with Gasteiger partial charge in [0, 0.05) is 16.7 Å². The number of rotatable bonds is 6. The van der Waals surface area contributed by atoms with Crippen LogP contribution in [0.3, 0.4) is 0 Å². The van der Waals surface area contributed by atoms with Crippen LogP contribution in [0.2, 0.25) is 0 Å². The van der Waals surface area contributed by atoms with Crippen LogP contribution in [0, 0.1) is 0 Å². The van der Waals surface area contributed by atoms with Crippen LogP contribution in [0.25, 0.3) is 0 Å². The lowest BCUT2D eigenvalue weighted by Gasteiger charge is -2.15. The average molecular weight is 351 g/mol. The maximum atomic E-state index is 5.44. The first kappa shape index (κ1) is 15.6. The number of anilines is 3. The Morgan fingerprint density at radius 3 is 2.62 bits per heavy atom. The first-order valence-corrected chi connectivity index (χ1v) is 7.67. The molecule has 2 aromatic rings. The van der Waals surface area contributed by atoms with Gasteiger partial charge >= 0.3 is 0 Å². The molecule has 0 aliphatic rings. The molecule has 6 heteroatoms. The van der Waals surface area contributed by atoms with Gasteiger partial charge in [0.05, 0.1) is 7.11 Å². The Labute approximate surface area is 133 Å². The number of hydrogen-bond donors (Lipinski definition) is 2. The summed E-state index contributed by atoms with van der Waals surface area (Å²) in [5.41, 5.74) is 2.22. The molecule has 5 nitrogen and oxygen atoms in total. The normalized spacial score (nSPS) is 10.3. The summed E-state index contributed by atoms with van der Waals surface area (Å²) >= 11 is 3.49. The molecular weight excluding hydrogens is 332 g/mol. The van der Waals surface area contributed by atoms with Gasteiger partial charge < -0.3 is 15.4 Å². The van der Waals surface area contributed by atoms with Crippen molar-refractivity contribution in [1.82, 2.24) is 9.97 Å². The van der Waals surface area contributed by atoms with Crippen molar-refractivity contribution >= 4 is 33.3 Å². The molecule has 21 heavy (non-hydrogen) atoms. The highest BCUT2D eigenvalue weighted by molar-refractivity contribution is 9.10.